The predicted octanol–water partition coefficient (Wildman–Crippen LogP) is 2.48. The molecule has 0 saturated heterocycles. The van der Waals surface area contributed by atoms with Gasteiger partial charge in [-0.25, -0.2) is 4.98 Å². The fourth-order valence-electron chi connectivity index (χ4n) is 4.09. The molecule has 4 N–H and O–H groups in total. The molecule has 11 heteroatoms. The van der Waals surface area contributed by atoms with Crippen LogP contribution >= 0.6 is 0 Å². The zero-order valence-electron chi connectivity index (χ0n) is 20.0. The number of methoxy groups -OCH3 is 1. The van der Waals surface area contributed by atoms with Crippen LogP contribution in [0.4, 0.5) is 11.6 Å². The van der Waals surface area contributed by atoms with Gasteiger partial charge in [0, 0.05) is 32.2 Å². The first-order valence-electron chi connectivity index (χ1n) is 11.6. The number of fused-ring (bicyclic) bond motifs is 1. The SMILES string of the molecule is COc1c(O/C(=C/N)c2ccccn2)cnc2nc(Nc3cc(C4CC4)cn(CCO)c3=O)n(C)c12. The van der Waals surface area contributed by atoms with Crippen molar-refractivity contribution in [2.75, 3.05) is 19.0 Å². The van der Waals surface area contributed by atoms with Crippen LogP contribution in [0.15, 0.2) is 53.9 Å². The molecule has 1 aliphatic carbocycles. The summed E-state index contributed by atoms with van der Waals surface area (Å²) in [7, 11) is 3.32. The third-order valence-corrected chi connectivity index (χ3v) is 6.06. The van der Waals surface area contributed by atoms with Crippen LogP contribution < -0.4 is 26.1 Å². The number of aliphatic hydroxyl groups is 1. The van der Waals surface area contributed by atoms with E-state index in [2.05, 4.69) is 20.3 Å². The Morgan fingerprint density at radius 3 is 2.83 bits per heavy atom. The van der Waals surface area contributed by atoms with Gasteiger partial charge in [-0.3, -0.25) is 9.78 Å². The van der Waals surface area contributed by atoms with Crippen molar-refractivity contribution < 1.29 is 14.6 Å². The minimum Gasteiger partial charge on any atom is -0.491 e. The number of aromatic nitrogens is 5. The van der Waals surface area contributed by atoms with Crippen molar-refractivity contribution in [3.8, 4) is 11.5 Å². The summed E-state index contributed by atoms with van der Waals surface area (Å²) in [6.45, 7) is 0.0986. The molecule has 1 aliphatic rings. The summed E-state index contributed by atoms with van der Waals surface area (Å²) in [5, 5.41) is 12.6. The number of imidazole rings is 1. The molecule has 0 unspecified atom stereocenters. The fraction of sp³-hybridized carbons (Fsp3) is 0.280. The van der Waals surface area contributed by atoms with Crippen LogP contribution in [0.1, 0.15) is 30.0 Å². The number of nitrogens with zero attached hydrogens (tertiary/aromatic N) is 5. The summed E-state index contributed by atoms with van der Waals surface area (Å²) < 4.78 is 15.0. The molecule has 0 atom stereocenters. The van der Waals surface area contributed by atoms with Crippen molar-refractivity contribution in [1.29, 1.82) is 0 Å². The van der Waals surface area contributed by atoms with Crippen LogP contribution in [-0.2, 0) is 13.6 Å². The average Bonchev–Trinajstić information content (AvgIpc) is 3.70. The highest BCUT2D eigenvalue weighted by Gasteiger charge is 2.26. The molecule has 0 radical (unpaired) electrons. The summed E-state index contributed by atoms with van der Waals surface area (Å²) in [5.41, 5.74) is 8.55. The number of ether oxygens (including phenoxy) is 2. The monoisotopic (exact) mass is 489 g/mol. The van der Waals surface area contributed by atoms with Gasteiger partial charge < -0.3 is 34.8 Å². The van der Waals surface area contributed by atoms with Crippen LogP contribution in [0.2, 0.25) is 0 Å². The second-order valence-corrected chi connectivity index (χ2v) is 8.48. The maximum atomic E-state index is 13.0. The standard InChI is InChI=1S/C25H27N7O4/c1-31-21-22(35-2)20(36-19(12-26)17-5-3-4-8-27-17)13-28-23(21)30-25(31)29-18-11-16(15-6-7-15)14-32(9-10-33)24(18)34/h3-5,8,11-15,33H,6-7,9-10,26H2,1-2H3,(H,28,29,30)/b19-12+. The van der Waals surface area contributed by atoms with Crippen LogP contribution in [-0.4, -0.2) is 42.9 Å². The minimum atomic E-state index is -0.238. The summed E-state index contributed by atoms with van der Waals surface area (Å²) in [6, 6.07) is 7.27. The van der Waals surface area contributed by atoms with Crippen molar-refractivity contribution in [2.45, 2.75) is 25.3 Å². The molecule has 11 nitrogen and oxygen atoms in total. The van der Waals surface area contributed by atoms with E-state index in [1.807, 2.05) is 18.3 Å². The van der Waals surface area contributed by atoms with Gasteiger partial charge in [0.15, 0.2) is 22.9 Å². The smallest absolute Gasteiger partial charge is 0.274 e. The van der Waals surface area contributed by atoms with Gasteiger partial charge in [-0.1, -0.05) is 6.07 Å². The molecule has 4 aromatic heterocycles. The van der Waals surface area contributed by atoms with E-state index in [0.29, 0.717) is 51.7 Å². The minimum absolute atomic E-state index is 0.124. The van der Waals surface area contributed by atoms with E-state index in [1.54, 1.807) is 29.9 Å². The number of aliphatic hydroxyl groups excluding tert-OH is 1. The lowest BCUT2D eigenvalue weighted by atomic mass is 10.2. The number of aryl methyl sites for hydroxylation is 1. The van der Waals surface area contributed by atoms with Gasteiger partial charge in [0.25, 0.3) is 5.56 Å². The van der Waals surface area contributed by atoms with Gasteiger partial charge >= 0.3 is 0 Å². The quantitative estimate of drug-likeness (QED) is 0.302. The van der Waals surface area contributed by atoms with Crippen molar-refractivity contribution in [1.82, 2.24) is 24.1 Å². The molecule has 36 heavy (non-hydrogen) atoms. The summed E-state index contributed by atoms with van der Waals surface area (Å²) >= 11 is 0. The van der Waals surface area contributed by atoms with Crippen LogP contribution in [0.5, 0.6) is 11.5 Å². The maximum absolute atomic E-state index is 13.0. The van der Waals surface area contributed by atoms with E-state index in [0.717, 1.165) is 18.4 Å². The second kappa shape index (κ2) is 9.70. The van der Waals surface area contributed by atoms with E-state index in [-0.39, 0.29) is 18.7 Å². The Morgan fingerprint density at radius 1 is 1.33 bits per heavy atom. The van der Waals surface area contributed by atoms with E-state index in [9.17, 15) is 9.90 Å². The number of hydrogen-bond acceptors (Lipinski definition) is 9. The molecular formula is C25H27N7O4. The van der Waals surface area contributed by atoms with Crippen molar-refractivity contribution in [2.24, 2.45) is 12.8 Å². The second-order valence-electron chi connectivity index (χ2n) is 8.48. The lowest BCUT2D eigenvalue weighted by Gasteiger charge is -2.14. The lowest BCUT2D eigenvalue weighted by Crippen LogP contribution is -2.24. The Morgan fingerprint density at radius 2 is 2.17 bits per heavy atom. The molecular weight excluding hydrogens is 462 g/mol. The highest BCUT2D eigenvalue weighted by molar-refractivity contribution is 5.85. The Labute approximate surface area is 206 Å². The molecule has 1 saturated carbocycles. The third-order valence-electron chi connectivity index (χ3n) is 6.06. The zero-order valence-corrected chi connectivity index (χ0v) is 20.0. The molecule has 0 spiro atoms. The Kier molecular flexibility index (Phi) is 6.30. The first-order chi connectivity index (χ1) is 17.5. The highest BCUT2D eigenvalue weighted by Crippen LogP contribution is 2.41. The van der Waals surface area contributed by atoms with Crippen LogP contribution in [0, 0.1) is 0 Å². The van der Waals surface area contributed by atoms with Gasteiger partial charge in [-0.15, -0.1) is 0 Å². The highest BCUT2D eigenvalue weighted by atomic mass is 16.5. The van der Waals surface area contributed by atoms with E-state index < -0.39 is 0 Å². The van der Waals surface area contributed by atoms with Crippen molar-refractivity contribution >= 4 is 28.6 Å². The lowest BCUT2D eigenvalue weighted by molar-refractivity contribution is 0.274. The van der Waals surface area contributed by atoms with Gasteiger partial charge in [-0.05, 0) is 42.5 Å². The number of pyridine rings is 3. The average molecular weight is 490 g/mol. The molecule has 0 aromatic carbocycles. The predicted molar refractivity (Wildman–Crippen MR) is 135 cm³/mol. The Bertz CT molecular complexity index is 1490. The first-order valence-corrected chi connectivity index (χ1v) is 11.6. The summed E-state index contributed by atoms with van der Waals surface area (Å²) in [6.07, 6.45) is 8.48. The number of anilines is 2. The number of rotatable bonds is 9. The normalized spacial score (nSPS) is 13.7. The maximum Gasteiger partial charge on any atom is 0.274 e. The number of nitrogens with one attached hydrogen (secondary N) is 1. The van der Waals surface area contributed by atoms with Gasteiger partial charge in [0.1, 0.15) is 16.9 Å². The Hall–Kier alpha value is -4.38. The molecule has 1 fully saturated rings. The number of nitrogens with two attached hydrogens (primary N) is 1. The number of hydrogen-bond donors (Lipinski definition) is 3. The molecule has 0 amide bonds. The molecule has 0 bridgehead atoms. The molecule has 5 rings (SSSR count). The topological polar surface area (TPSA) is 142 Å². The first kappa shape index (κ1) is 23.4. The van der Waals surface area contributed by atoms with Gasteiger partial charge in [0.05, 0.1) is 19.9 Å². The Balaban J connectivity index is 1.53. The fourth-order valence-corrected chi connectivity index (χ4v) is 4.09. The van der Waals surface area contributed by atoms with Gasteiger partial charge in [-0.2, -0.15) is 4.98 Å². The van der Waals surface area contributed by atoms with Crippen molar-refractivity contribution in [3.63, 3.8) is 0 Å². The van der Waals surface area contributed by atoms with Gasteiger partial charge in [0.2, 0.25) is 5.95 Å². The largest absolute Gasteiger partial charge is 0.491 e. The summed E-state index contributed by atoms with van der Waals surface area (Å²) in [4.78, 5) is 26.3. The van der Waals surface area contributed by atoms with E-state index >= 15 is 0 Å². The van der Waals surface area contributed by atoms with E-state index in [1.165, 1.54) is 24.1 Å². The molecule has 4 aromatic rings. The van der Waals surface area contributed by atoms with Crippen LogP contribution in [0.3, 0.4) is 0 Å². The van der Waals surface area contributed by atoms with Crippen LogP contribution in [0.25, 0.3) is 16.9 Å². The summed E-state index contributed by atoms with van der Waals surface area (Å²) in [5.74, 6) is 1.93. The molecule has 0 aliphatic heterocycles. The molecule has 4 heterocycles. The van der Waals surface area contributed by atoms with Crippen molar-refractivity contribution in [3.05, 3.63) is 70.7 Å². The third kappa shape index (κ3) is 4.36. The van der Waals surface area contributed by atoms with E-state index in [4.69, 9.17) is 15.2 Å². The molecule has 186 valence electrons. The zero-order chi connectivity index (χ0) is 25.2.